The van der Waals surface area contributed by atoms with E-state index in [1.807, 2.05) is 0 Å². The molecule has 6 heteroatoms. The fourth-order valence-electron chi connectivity index (χ4n) is 0.631. The minimum absolute atomic E-state index is 0.648. The number of carbonyl (C=O) groups excluding carboxylic acids is 2. The lowest BCUT2D eigenvalue weighted by molar-refractivity contribution is 0.239. The maximum atomic E-state index is 10.4. The Morgan fingerprint density at radius 2 is 1.67 bits per heavy atom. The lowest BCUT2D eigenvalue weighted by atomic mass is 10.4. The van der Waals surface area contributed by atoms with Gasteiger partial charge in [0.05, 0.1) is 0 Å². The van der Waals surface area contributed by atoms with E-state index in [2.05, 4.69) is 10.6 Å². The van der Waals surface area contributed by atoms with Gasteiger partial charge in [0.15, 0.2) is 0 Å². The summed E-state index contributed by atoms with van der Waals surface area (Å²) in [6.07, 6.45) is 2.54. The summed E-state index contributed by atoms with van der Waals surface area (Å²) in [5.74, 6) is 0. The van der Waals surface area contributed by atoms with Crippen LogP contribution in [0.25, 0.3) is 0 Å². The molecule has 68 valence electrons. The molecule has 0 aromatic rings. The lowest BCUT2D eigenvalue weighted by Gasteiger charge is -2.12. The van der Waals surface area contributed by atoms with E-state index in [1.54, 1.807) is 13.0 Å². The molecule has 0 atom stereocenters. The summed E-state index contributed by atoms with van der Waals surface area (Å²) in [4.78, 5) is 20.7. The van der Waals surface area contributed by atoms with Crippen LogP contribution < -0.4 is 22.1 Å². The van der Waals surface area contributed by atoms with Crippen LogP contribution in [0.1, 0.15) is 6.92 Å². The smallest absolute Gasteiger partial charge is 0.314 e. The van der Waals surface area contributed by atoms with E-state index in [9.17, 15) is 9.59 Å². The number of nitrogens with two attached hydrogens (primary N) is 2. The first-order chi connectivity index (χ1) is 5.56. The molecular formula is C6H12N4O2. The predicted molar refractivity (Wildman–Crippen MR) is 44.0 cm³/mol. The molecular weight excluding hydrogens is 160 g/mol. The topological polar surface area (TPSA) is 110 Å². The highest BCUT2D eigenvalue weighted by Gasteiger charge is 2.06. The number of nitrogens with one attached hydrogen (secondary N) is 2. The van der Waals surface area contributed by atoms with E-state index in [-0.39, 0.29) is 0 Å². The molecule has 0 saturated heterocycles. The highest BCUT2D eigenvalue weighted by atomic mass is 16.2. The Labute approximate surface area is 70.0 Å². The fraction of sp³-hybridized carbons (Fsp3) is 0.333. The second kappa shape index (κ2) is 5.00. The molecule has 0 radical (unpaired) electrons. The maximum absolute atomic E-state index is 10.4. The Bertz CT molecular complexity index is 186. The van der Waals surface area contributed by atoms with E-state index in [0.29, 0.717) is 0 Å². The second-order valence-electron chi connectivity index (χ2n) is 2.02. The first kappa shape index (κ1) is 10.3. The van der Waals surface area contributed by atoms with Crippen molar-refractivity contribution in [3.63, 3.8) is 0 Å². The van der Waals surface area contributed by atoms with Crippen molar-refractivity contribution in [3.8, 4) is 0 Å². The lowest BCUT2D eigenvalue weighted by Crippen LogP contribution is -2.50. The van der Waals surface area contributed by atoms with Gasteiger partial charge in [-0.1, -0.05) is 6.08 Å². The van der Waals surface area contributed by atoms with Crippen LogP contribution in [0.3, 0.4) is 0 Å². The molecule has 0 aliphatic heterocycles. The summed E-state index contributed by atoms with van der Waals surface area (Å²) in [5, 5.41) is 4.50. The van der Waals surface area contributed by atoms with Crippen molar-refractivity contribution in [1.82, 2.24) is 10.6 Å². The van der Waals surface area contributed by atoms with Crippen molar-refractivity contribution in [1.29, 1.82) is 0 Å². The van der Waals surface area contributed by atoms with Crippen molar-refractivity contribution in [2.45, 2.75) is 13.1 Å². The maximum Gasteiger partial charge on any atom is 0.314 e. The van der Waals surface area contributed by atoms with Crippen LogP contribution >= 0.6 is 0 Å². The summed E-state index contributed by atoms with van der Waals surface area (Å²) >= 11 is 0. The van der Waals surface area contributed by atoms with Crippen LogP contribution in [0.5, 0.6) is 0 Å². The van der Waals surface area contributed by atoms with Gasteiger partial charge in [-0.25, -0.2) is 9.59 Å². The predicted octanol–water partition coefficient (Wildman–Crippen LogP) is -0.775. The van der Waals surface area contributed by atoms with Crippen molar-refractivity contribution in [3.05, 3.63) is 12.2 Å². The molecule has 0 spiro atoms. The number of rotatable bonds is 3. The minimum atomic E-state index is -0.730. The molecule has 0 aromatic heterocycles. The zero-order chi connectivity index (χ0) is 9.56. The molecule has 6 N–H and O–H groups in total. The molecule has 0 rings (SSSR count). The molecule has 6 nitrogen and oxygen atoms in total. The number of amides is 4. The normalized spacial score (nSPS) is 10.2. The molecule has 12 heavy (non-hydrogen) atoms. The number of hydrogen-bond acceptors (Lipinski definition) is 2. The van der Waals surface area contributed by atoms with Crippen LogP contribution in [0.2, 0.25) is 0 Å². The third-order valence-electron chi connectivity index (χ3n) is 0.980. The van der Waals surface area contributed by atoms with Gasteiger partial charge in [-0.05, 0) is 13.0 Å². The Morgan fingerprint density at radius 3 is 1.92 bits per heavy atom. The second-order valence-corrected chi connectivity index (χ2v) is 2.02. The summed E-state index contributed by atoms with van der Waals surface area (Å²) in [6, 6.07) is -1.46. The average molecular weight is 172 g/mol. The van der Waals surface area contributed by atoms with E-state index in [1.165, 1.54) is 6.08 Å². The van der Waals surface area contributed by atoms with E-state index in [0.717, 1.165) is 0 Å². The third-order valence-corrected chi connectivity index (χ3v) is 0.980. The van der Waals surface area contributed by atoms with Crippen molar-refractivity contribution in [2.75, 3.05) is 0 Å². The van der Waals surface area contributed by atoms with Gasteiger partial charge in [-0.2, -0.15) is 0 Å². The van der Waals surface area contributed by atoms with Crippen LogP contribution in [0.4, 0.5) is 9.59 Å². The Hall–Kier alpha value is -1.72. The van der Waals surface area contributed by atoms with Crippen LogP contribution in [-0.2, 0) is 0 Å². The van der Waals surface area contributed by atoms with Crippen LogP contribution in [0.15, 0.2) is 12.2 Å². The van der Waals surface area contributed by atoms with Gasteiger partial charge in [0.25, 0.3) is 0 Å². The fourth-order valence-corrected chi connectivity index (χ4v) is 0.631. The molecule has 4 amide bonds. The van der Waals surface area contributed by atoms with Crippen molar-refractivity contribution < 1.29 is 9.59 Å². The van der Waals surface area contributed by atoms with Crippen molar-refractivity contribution in [2.24, 2.45) is 11.5 Å². The molecule has 0 fully saturated rings. The average Bonchev–Trinajstić information content (AvgIpc) is 1.84. The molecule has 0 bridgehead atoms. The van der Waals surface area contributed by atoms with Gasteiger partial charge >= 0.3 is 12.1 Å². The summed E-state index contributed by atoms with van der Waals surface area (Å²) in [5.41, 5.74) is 9.65. The molecule has 0 aromatic carbocycles. The summed E-state index contributed by atoms with van der Waals surface area (Å²) < 4.78 is 0. The first-order valence-corrected chi connectivity index (χ1v) is 3.31. The SMILES string of the molecule is CC=CC(NC(N)=O)NC(N)=O. The van der Waals surface area contributed by atoms with Crippen LogP contribution in [-0.4, -0.2) is 18.2 Å². The van der Waals surface area contributed by atoms with Gasteiger partial charge < -0.3 is 22.1 Å². The minimum Gasteiger partial charge on any atom is -0.352 e. The quantitative estimate of drug-likeness (QED) is 0.331. The van der Waals surface area contributed by atoms with Gasteiger partial charge in [0.1, 0.15) is 6.17 Å². The largest absolute Gasteiger partial charge is 0.352 e. The van der Waals surface area contributed by atoms with E-state index >= 15 is 0 Å². The monoisotopic (exact) mass is 172 g/mol. The van der Waals surface area contributed by atoms with Gasteiger partial charge in [-0.3, -0.25) is 0 Å². The van der Waals surface area contributed by atoms with E-state index < -0.39 is 18.2 Å². The number of allylic oxidation sites excluding steroid dienone is 1. The number of primary amides is 2. The molecule has 0 aliphatic carbocycles. The number of carbonyl (C=O) groups is 2. The standard InChI is InChI=1S/C6H12N4O2/c1-2-3-4(9-5(7)11)10-6(8)12/h2-4H,1H3,(H3,7,9,11)(H3,8,10,12). The van der Waals surface area contributed by atoms with Gasteiger partial charge in [0.2, 0.25) is 0 Å². The number of hydrogen-bond donors (Lipinski definition) is 4. The Kier molecular flexibility index (Phi) is 4.28. The highest BCUT2D eigenvalue weighted by Crippen LogP contribution is 1.80. The molecule has 0 saturated carbocycles. The third kappa shape index (κ3) is 5.10. The Balaban J connectivity index is 4.03. The van der Waals surface area contributed by atoms with Gasteiger partial charge in [-0.15, -0.1) is 0 Å². The highest BCUT2D eigenvalue weighted by molar-refractivity contribution is 5.75. The molecule has 0 aliphatic rings. The van der Waals surface area contributed by atoms with E-state index in [4.69, 9.17) is 11.5 Å². The summed E-state index contributed by atoms with van der Waals surface area (Å²) in [6.45, 7) is 1.73. The molecule has 0 heterocycles. The molecule has 0 unspecified atom stereocenters. The zero-order valence-corrected chi connectivity index (χ0v) is 6.70. The summed E-state index contributed by atoms with van der Waals surface area (Å²) in [7, 11) is 0. The van der Waals surface area contributed by atoms with Crippen molar-refractivity contribution >= 4 is 12.1 Å². The zero-order valence-electron chi connectivity index (χ0n) is 6.70. The Morgan fingerprint density at radius 1 is 1.25 bits per heavy atom. The number of urea groups is 2. The van der Waals surface area contributed by atoms with Crippen LogP contribution in [0, 0.1) is 0 Å². The van der Waals surface area contributed by atoms with Gasteiger partial charge in [0, 0.05) is 0 Å². The first-order valence-electron chi connectivity index (χ1n) is 3.31.